The van der Waals surface area contributed by atoms with Crippen LogP contribution in [0.3, 0.4) is 0 Å². The number of carbonyl (C=O) groups excluding carboxylic acids is 1. The van der Waals surface area contributed by atoms with Crippen molar-refractivity contribution >= 4 is 23.2 Å². The summed E-state index contributed by atoms with van der Waals surface area (Å²) in [5.74, 6) is 0.247. The van der Waals surface area contributed by atoms with Crippen LogP contribution in [0.25, 0.3) is 0 Å². The van der Waals surface area contributed by atoms with Gasteiger partial charge in [-0.3, -0.25) is 4.79 Å². The standard InChI is InChI=1S/C21H26ClN3O/c22-19-8-6-18(7-9-19)10-12-23-13-11-21(26)25-16-14-24(15-17-25)20-4-2-1-3-5-20/h1-9,23H,10-17H2. The fraction of sp³-hybridized carbons (Fsp3) is 0.381. The quantitative estimate of drug-likeness (QED) is 0.759. The second-order valence-electron chi connectivity index (χ2n) is 6.58. The molecule has 0 aliphatic carbocycles. The molecule has 0 aromatic heterocycles. The third-order valence-electron chi connectivity index (χ3n) is 4.77. The molecule has 1 amide bonds. The Kier molecular flexibility index (Phi) is 6.92. The van der Waals surface area contributed by atoms with E-state index in [9.17, 15) is 4.79 Å². The van der Waals surface area contributed by atoms with E-state index >= 15 is 0 Å². The van der Waals surface area contributed by atoms with Crippen LogP contribution in [0.2, 0.25) is 5.02 Å². The van der Waals surface area contributed by atoms with Gasteiger partial charge < -0.3 is 15.1 Å². The molecule has 2 aromatic rings. The van der Waals surface area contributed by atoms with E-state index in [0.29, 0.717) is 6.42 Å². The molecule has 1 aliphatic heterocycles. The Bertz CT molecular complexity index is 682. The van der Waals surface area contributed by atoms with Crippen molar-refractivity contribution < 1.29 is 4.79 Å². The van der Waals surface area contributed by atoms with Gasteiger partial charge in [0.15, 0.2) is 0 Å². The molecule has 5 heteroatoms. The molecule has 1 N–H and O–H groups in total. The van der Waals surface area contributed by atoms with Crippen LogP contribution in [0.5, 0.6) is 0 Å². The minimum Gasteiger partial charge on any atom is -0.368 e. The average molecular weight is 372 g/mol. The molecule has 2 aromatic carbocycles. The predicted molar refractivity (Wildman–Crippen MR) is 108 cm³/mol. The number of nitrogens with zero attached hydrogens (tertiary/aromatic N) is 2. The average Bonchev–Trinajstić information content (AvgIpc) is 2.70. The number of para-hydroxylation sites is 1. The summed E-state index contributed by atoms with van der Waals surface area (Å²) in [6, 6.07) is 18.3. The molecule has 1 aliphatic rings. The van der Waals surface area contributed by atoms with Gasteiger partial charge in [0.1, 0.15) is 0 Å². The predicted octanol–water partition coefficient (Wildman–Crippen LogP) is 3.21. The number of hydrogen-bond acceptors (Lipinski definition) is 3. The summed E-state index contributed by atoms with van der Waals surface area (Å²) < 4.78 is 0. The Labute approximate surface area is 160 Å². The lowest BCUT2D eigenvalue weighted by molar-refractivity contribution is -0.131. The van der Waals surface area contributed by atoms with E-state index < -0.39 is 0 Å². The summed E-state index contributed by atoms with van der Waals surface area (Å²) in [7, 11) is 0. The molecule has 0 atom stereocenters. The second-order valence-corrected chi connectivity index (χ2v) is 7.02. The molecule has 0 unspecified atom stereocenters. The molecular formula is C21H26ClN3O. The highest BCUT2D eigenvalue weighted by Crippen LogP contribution is 2.15. The van der Waals surface area contributed by atoms with Crippen LogP contribution in [-0.4, -0.2) is 50.1 Å². The summed E-state index contributed by atoms with van der Waals surface area (Å²) in [5.41, 5.74) is 2.49. The Morgan fingerprint density at radius 2 is 1.62 bits per heavy atom. The molecule has 3 rings (SSSR count). The van der Waals surface area contributed by atoms with Crippen molar-refractivity contribution in [2.45, 2.75) is 12.8 Å². The molecule has 26 heavy (non-hydrogen) atoms. The van der Waals surface area contributed by atoms with Gasteiger partial charge in [0.2, 0.25) is 5.91 Å². The number of carbonyl (C=O) groups is 1. The van der Waals surface area contributed by atoms with Crippen molar-refractivity contribution in [1.29, 1.82) is 0 Å². The maximum absolute atomic E-state index is 12.4. The number of nitrogens with one attached hydrogen (secondary N) is 1. The number of halogens is 1. The first-order valence-corrected chi connectivity index (χ1v) is 9.63. The van der Waals surface area contributed by atoms with Gasteiger partial charge in [0, 0.05) is 49.9 Å². The van der Waals surface area contributed by atoms with Gasteiger partial charge in [0.25, 0.3) is 0 Å². The molecule has 0 bridgehead atoms. The topological polar surface area (TPSA) is 35.6 Å². The van der Waals surface area contributed by atoms with Crippen LogP contribution < -0.4 is 10.2 Å². The van der Waals surface area contributed by atoms with Gasteiger partial charge in [-0.05, 0) is 42.8 Å². The molecule has 0 saturated carbocycles. The first-order valence-electron chi connectivity index (χ1n) is 9.25. The highest BCUT2D eigenvalue weighted by Gasteiger charge is 2.20. The molecule has 0 radical (unpaired) electrons. The minimum absolute atomic E-state index is 0.247. The second kappa shape index (κ2) is 9.60. The lowest BCUT2D eigenvalue weighted by Crippen LogP contribution is -2.49. The van der Waals surface area contributed by atoms with Crippen LogP contribution >= 0.6 is 11.6 Å². The van der Waals surface area contributed by atoms with Crippen LogP contribution in [0, 0.1) is 0 Å². The number of amides is 1. The van der Waals surface area contributed by atoms with Crippen molar-refractivity contribution in [3.8, 4) is 0 Å². The maximum Gasteiger partial charge on any atom is 0.223 e. The first-order chi connectivity index (χ1) is 12.7. The number of benzene rings is 2. The Balaban J connectivity index is 1.31. The molecule has 138 valence electrons. The third kappa shape index (κ3) is 5.48. The van der Waals surface area contributed by atoms with Gasteiger partial charge >= 0.3 is 0 Å². The van der Waals surface area contributed by atoms with E-state index in [1.807, 2.05) is 35.2 Å². The van der Waals surface area contributed by atoms with Crippen LogP contribution in [0.4, 0.5) is 5.69 Å². The molecular weight excluding hydrogens is 346 g/mol. The summed E-state index contributed by atoms with van der Waals surface area (Å²) in [4.78, 5) is 16.7. The van der Waals surface area contributed by atoms with E-state index in [0.717, 1.165) is 50.7 Å². The zero-order valence-corrected chi connectivity index (χ0v) is 15.8. The van der Waals surface area contributed by atoms with E-state index in [1.165, 1.54) is 11.3 Å². The highest BCUT2D eigenvalue weighted by molar-refractivity contribution is 6.30. The molecule has 1 heterocycles. The fourth-order valence-corrected chi connectivity index (χ4v) is 3.34. The van der Waals surface area contributed by atoms with E-state index in [-0.39, 0.29) is 5.91 Å². The molecule has 0 spiro atoms. The van der Waals surface area contributed by atoms with Crippen LogP contribution in [0.15, 0.2) is 54.6 Å². The summed E-state index contributed by atoms with van der Waals surface area (Å²) >= 11 is 5.89. The lowest BCUT2D eigenvalue weighted by atomic mass is 10.1. The summed E-state index contributed by atoms with van der Waals surface area (Å²) in [6.07, 6.45) is 1.51. The van der Waals surface area contributed by atoms with Crippen molar-refractivity contribution in [3.05, 3.63) is 65.2 Å². The summed E-state index contributed by atoms with van der Waals surface area (Å²) in [5, 5.41) is 4.13. The van der Waals surface area contributed by atoms with E-state index in [2.05, 4.69) is 34.5 Å². The number of rotatable bonds is 7. The van der Waals surface area contributed by atoms with Gasteiger partial charge in [-0.1, -0.05) is 41.9 Å². The molecule has 1 fully saturated rings. The van der Waals surface area contributed by atoms with Crippen molar-refractivity contribution in [2.75, 3.05) is 44.2 Å². The highest BCUT2D eigenvalue weighted by atomic mass is 35.5. The summed E-state index contributed by atoms with van der Waals surface area (Å²) in [6.45, 7) is 5.01. The zero-order valence-electron chi connectivity index (χ0n) is 15.0. The first kappa shape index (κ1) is 18.7. The number of piperazine rings is 1. The SMILES string of the molecule is O=C(CCNCCc1ccc(Cl)cc1)N1CCN(c2ccccc2)CC1. The lowest BCUT2D eigenvalue weighted by Gasteiger charge is -2.36. The zero-order chi connectivity index (χ0) is 18.2. The van der Waals surface area contributed by atoms with Gasteiger partial charge in [-0.15, -0.1) is 0 Å². The third-order valence-corrected chi connectivity index (χ3v) is 5.03. The van der Waals surface area contributed by atoms with Crippen LogP contribution in [-0.2, 0) is 11.2 Å². The Morgan fingerprint density at radius 3 is 2.31 bits per heavy atom. The number of anilines is 1. The van der Waals surface area contributed by atoms with Crippen molar-refractivity contribution in [2.24, 2.45) is 0 Å². The monoisotopic (exact) mass is 371 g/mol. The maximum atomic E-state index is 12.4. The largest absolute Gasteiger partial charge is 0.368 e. The number of hydrogen-bond donors (Lipinski definition) is 1. The fourth-order valence-electron chi connectivity index (χ4n) is 3.22. The van der Waals surface area contributed by atoms with Gasteiger partial charge in [-0.2, -0.15) is 0 Å². The molecule has 4 nitrogen and oxygen atoms in total. The van der Waals surface area contributed by atoms with Crippen molar-refractivity contribution in [3.63, 3.8) is 0 Å². The smallest absolute Gasteiger partial charge is 0.223 e. The molecule has 1 saturated heterocycles. The van der Waals surface area contributed by atoms with Crippen LogP contribution in [0.1, 0.15) is 12.0 Å². The normalized spacial score (nSPS) is 14.5. The minimum atomic E-state index is 0.247. The van der Waals surface area contributed by atoms with Crippen molar-refractivity contribution in [1.82, 2.24) is 10.2 Å². The van der Waals surface area contributed by atoms with Gasteiger partial charge in [-0.25, -0.2) is 0 Å². The van der Waals surface area contributed by atoms with E-state index in [4.69, 9.17) is 11.6 Å². The van der Waals surface area contributed by atoms with Gasteiger partial charge in [0.05, 0.1) is 0 Å². The Hall–Kier alpha value is -2.04. The Morgan fingerprint density at radius 1 is 0.923 bits per heavy atom. The van der Waals surface area contributed by atoms with E-state index in [1.54, 1.807) is 0 Å².